The van der Waals surface area contributed by atoms with Gasteiger partial charge in [-0.25, -0.2) is 0 Å². The number of allylic oxidation sites excluding steroid dienone is 2. The number of aliphatic hydroxyl groups excluding tert-OH is 1. The number of pyridine rings is 1. The van der Waals surface area contributed by atoms with Gasteiger partial charge in [-0.05, 0) is 43.2 Å². The first-order chi connectivity index (χ1) is 21.2. The van der Waals surface area contributed by atoms with Crippen LogP contribution < -0.4 is 0 Å². The molecule has 4 nitrogen and oxygen atoms in total. The van der Waals surface area contributed by atoms with Crippen LogP contribution in [0, 0.1) is 17.9 Å². The summed E-state index contributed by atoms with van der Waals surface area (Å²) in [6, 6.07) is 18.7. The summed E-state index contributed by atoms with van der Waals surface area (Å²) >= 11 is 1.76. The molecule has 0 fully saturated rings. The number of carbonyl (C=O) groups is 1. The van der Waals surface area contributed by atoms with Gasteiger partial charge in [0.2, 0.25) is 0 Å². The minimum atomic E-state index is -0.00530. The van der Waals surface area contributed by atoms with Crippen LogP contribution in [0.3, 0.4) is 0 Å². The topological polar surface area (TPSA) is 63.3 Å². The Morgan fingerprint density at radius 2 is 1.54 bits per heavy atom. The molecule has 5 aromatic rings. The van der Waals surface area contributed by atoms with E-state index in [1.165, 1.54) is 21.7 Å². The van der Waals surface area contributed by atoms with Crippen molar-refractivity contribution in [2.45, 2.75) is 106 Å². The molecule has 0 spiro atoms. The maximum Gasteiger partial charge on any atom is 0.162 e. The van der Waals surface area contributed by atoms with Crippen molar-refractivity contribution in [2.75, 3.05) is 0 Å². The Labute approximate surface area is 293 Å². The summed E-state index contributed by atoms with van der Waals surface area (Å²) in [4.78, 5) is 16.5. The molecule has 0 aliphatic rings. The first kappa shape index (κ1) is 37.7. The van der Waals surface area contributed by atoms with Crippen molar-refractivity contribution >= 4 is 48.3 Å². The number of hydrogen-bond acceptors (Lipinski definition) is 5. The predicted octanol–water partition coefficient (Wildman–Crippen LogP) is 12.1. The van der Waals surface area contributed by atoms with E-state index in [0.29, 0.717) is 0 Å². The summed E-state index contributed by atoms with van der Waals surface area (Å²) in [5.41, 5.74) is 4.35. The van der Waals surface area contributed by atoms with E-state index >= 15 is 0 Å². The molecule has 5 rings (SSSR count). The zero-order valence-electron chi connectivity index (χ0n) is 29.1. The van der Waals surface area contributed by atoms with Crippen molar-refractivity contribution in [3.63, 3.8) is 0 Å². The number of benzene rings is 2. The van der Waals surface area contributed by atoms with Crippen molar-refractivity contribution < 1.29 is 34.4 Å². The molecule has 0 atom stereocenters. The second-order valence-electron chi connectivity index (χ2n) is 14.1. The first-order valence-corrected chi connectivity index (χ1v) is 17.3. The zero-order chi connectivity index (χ0) is 33.1. The van der Waals surface area contributed by atoms with Crippen LogP contribution in [0.2, 0.25) is 0 Å². The number of furan rings is 1. The molecule has 0 amide bonds. The van der Waals surface area contributed by atoms with Crippen LogP contribution in [0.1, 0.15) is 106 Å². The SMILES string of the molecule is CC(C)(C)c1cc2sc3c(-c4[c-]c5ccccc5c(C(C)(C)C)c4)nccc3c2o1.CCC(CC)C(=O)/C=C(\O)C(CC)CC.[Ir]. The van der Waals surface area contributed by atoms with Crippen molar-refractivity contribution in [2.24, 2.45) is 11.8 Å². The zero-order valence-corrected chi connectivity index (χ0v) is 32.3. The number of aliphatic hydroxyl groups is 1. The fourth-order valence-corrected chi connectivity index (χ4v) is 6.96. The van der Waals surface area contributed by atoms with Crippen LogP contribution in [0.4, 0.5) is 0 Å². The van der Waals surface area contributed by atoms with Gasteiger partial charge in [0, 0.05) is 65.4 Å². The van der Waals surface area contributed by atoms with Gasteiger partial charge in [-0.3, -0.25) is 9.78 Å². The van der Waals surface area contributed by atoms with Crippen LogP contribution in [0.15, 0.2) is 64.9 Å². The predicted molar refractivity (Wildman–Crippen MR) is 192 cm³/mol. The summed E-state index contributed by atoms with van der Waals surface area (Å²) < 4.78 is 8.64. The van der Waals surface area contributed by atoms with E-state index in [4.69, 9.17) is 9.40 Å². The monoisotopic (exact) mass is 817 g/mol. The molecule has 3 heterocycles. The largest absolute Gasteiger partial charge is 0.512 e. The Balaban J connectivity index is 0.000000309. The molecule has 6 heteroatoms. The van der Waals surface area contributed by atoms with E-state index in [9.17, 15) is 9.90 Å². The Kier molecular flexibility index (Phi) is 12.6. The molecule has 46 heavy (non-hydrogen) atoms. The number of carbonyl (C=O) groups excluding carboxylic acids is 1. The third-order valence-electron chi connectivity index (χ3n) is 8.72. The number of nitrogens with zero attached hydrogens (tertiary/aromatic N) is 1. The molecule has 1 radical (unpaired) electrons. The molecule has 0 aliphatic heterocycles. The molecule has 0 saturated heterocycles. The van der Waals surface area contributed by atoms with E-state index in [-0.39, 0.29) is 54.3 Å². The van der Waals surface area contributed by atoms with Crippen LogP contribution >= 0.6 is 11.3 Å². The van der Waals surface area contributed by atoms with Gasteiger partial charge in [-0.2, -0.15) is 0 Å². The molecule has 0 aliphatic carbocycles. The van der Waals surface area contributed by atoms with Crippen molar-refractivity contribution in [1.29, 1.82) is 0 Å². The Morgan fingerprint density at radius 3 is 2.13 bits per heavy atom. The van der Waals surface area contributed by atoms with E-state index < -0.39 is 0 Å². The summed E-state index contributed by atoms with van der Waals surface area (Å²) in [6.45, 7) is 21.4. The molecule has 2 aromatic carbocycles. The average Bonchev–Trinajstić information content (AvgIpc) is 3.57. The second-order valence-corrected chi connectivity index (χ2v) is 15.1. The van der Waals surface area contributed by atoms with Gasteiger partial charge in [0.15, 0.2) is 11.4 Å². The molecule has 0 bridgehead atoms. The Bertz CT molecular complexity index is 1810. The van der Waals surface area contributed by atoms with Gasteiger partial charge in [-0.15, -0.1) is 40.5 Å². The van der Waals surface area contributed by atoms with Gasteiger partial charge < -0.3 is 9.52 Å². The smallest absolute Gasteiger partial charge is 0.162 e. The maximum atomic E-state index is 11.7. The Hall–Kier alpha value is -2.79. The number of rotatable bonds is 8. The maximum absolute atomic E-state index is 11.7. The fourth-order valence-electron chi connectivity index (χ4n) is 5.80. The normalized spacial score (nSPS) is 12.6. The van der Waals surface area contributed by atoms with Gasteiger partial charge in [-0.1, -0.05) is 98.4 Å². The molecule has 3 aromatic heterocycles. The molecule has 0 unspecified atom stereocenters. The van der Waals surface area contributed by atoms with E-state index in [2.05, 4.69) is 90.1 Å². The molecule has 249 valence electrons. The van der Waals surface area contributed by atoms with Crippen molar-refractivity contribution in [3.05, 3.63) is 77.9 Å². The van der Waals surface area contributed by atoms with Crippen LogP contribution in [0.25, 0.3) is 42.4 Å². The second kappa shape index (κ2) is 15.4. The summed E-state index contributed by atoms with van der Waals surface area (Å²) in [5.74, 6) is 1.57. The number of thiophene rings is 1. The molecular formula is C40H50IrNO3S-. The summed E-state index contributed by atoms with van der Waals surface area (Å²) in [7, 11) is 0. The summed E-state index contributed by atoms with van der Waals surface area (Å²) in [5, 5.41) is 13.3. The van der Waals surface area contributed by atoms with Crippen LogP contribution in [-0.2, 0) is 35.7 Å². The number of aromatic nitrogens is 1. The minimum absolute atomic E-state index is 0. The summed E-state index contributed by atoms with van der Waals surface area (Å²) in [6.07, 6.45) is 6.80. The third-order valence-corrected chi connectivity index (χ3v) is 9.86. The van der Waals surface area contributed by atoms with E-state index in [0.717, 1.165) is 63.8 Å². The van der Waals surface area contributed by atoms with Gasteiger partial charge in [0.1, 0.15) is 5.76 Å². The van der Waals surface area contributed by atoms with Gasteiger partial charge in [0.05, 0.1) is 10.5 Å². The molecule has 1 N–H and O–H groups in total. The molecular weight excluding hydrogens is 767 g/mol. The number of fused-ring (bicyclic) bond motifs is 4. The number of hydrogen-bond donors (Lipinski definition) is 1. The first-order valence-electron chi connectivity index (χ1n) is 16.4. The Morgan fingerprint density at radius 1 is 0.913 bits per heavy atom. The van der Waals surface area contributed by atoms with E-state index in [1.54, 1.807) is 11.3 Å². The number of ketones is 1. The van der Waals surface area contributed by atoms with E-state index in [1.807, 2.05) is 33.9 Å². The molecule has 0 saturated carbocycles. The van der Waals surface area contributed by atoms with Gasteiger partial charge >= 0.3 is 0 Å². The fraction of sp³-hybridized carbons (Fsp3) is 0.450. The van der Waals surface area contributed by atoms with Crippen molar-refractivity contribution in [3.8, 4) is 11.3 Å². The van der Waals surface area contributed by atoms with Crippen LogP contribution in [-0.4, -0.2) is 15.9 Å². The third kappa shape index (κ3) is 8.19. The standard InChI is InChI=1S/C27H26NOS.C13H24O2.Ir/c1-26(2,3)20-14-17(13-16-9-7-8-10-18(16)20)23-25-19(11-12-28-23)24-21(30-25)15-22(29-24)27(4,5)6;1-5-10(6-2)12(14)9-13(15)11(7-3)8-4;/h7-12,14-15H,1-6H3;9-11,14H,5-8H2,1-4H3;/q-1;;/b;12-9-;. The quantitative estimate of drug-likeness (QED) is 0.0962. The van der Waals surface area contributed by atoms with Crippen LogP contribution in [0.5, 0.6) is 0 Å². The minimum Gasteiger partial charge on any atom is -0.512 e. The van der Waals surface area contributed by atoms with Gasteiger partial charge in [0.25, 0.3) is 0 Å². The average molecular weight is 817 g/mol. The van der Waals surface area contributed by atoms with Crippen molar-refractivity contribution in [1.82, 2.24) is 4.98 Å².